The highest BCUT2D eigenvalue weighted by Crippen LogP contribution is 2.45. The van der Waals surface area contributed by atoms with Crippen LogP contribution in [-0.2, 0) is 14.1 Å². The van der Waals surface area contributed by atoms with Gasteiger partial charge in [0.15, 0.2) is 0 Å². The van der Waals surface area contributed by atoms with Gasteiger partial charge in [-0.2, -0.15) is 0 Å². The molecule has 3 N–H and O–H groups in total. The predicted molar refractivity (Wildman–Crippen MR) is 80.8 cm³/mol. The first-order chi connectivity index (χ1) is 10.0. The lowest BCUT2D eigenvalue weighted by Gasteiger charge is -2.32. The standard InChI is InChI=1S/C15H21BO6/c1-14(2)15(3,4)22-16(21-14)9(8-12(19)20)13-10(17)6-5-7-11(13)18/h5-7,9,17-18H,8H2,1-4H3,(H,19,20). The smallest absolute Gasteiger partial charge is 0.466 e. The van der Waals surface area contributed by atoms with Gasteiger partial charge in [0.25, 0.3) is 0 Å². The third kappa shape index (κ3) is 2.91. The minimum atomic E-state index is -1.07. The van der Waals surface area contributed by atoms with E-state index in [1.165, 1.54) is 18.2 Å². The summed E-state index contributed by atoms with van der Waals surface area (Å²) >= 11 is 0. The minimum Gasteiger partial charge on any atom is -0.508 e. The second-order valence-electron chi connectivity index (χ2n) is 6.54. The number of phenols is 2. The van der Waals surface area contributed by atoms with Crippen molar-refractivity contribution in [2.24, 2.45) is 0 Å². The molecule has 1 aromatic carbocycles. The van der Waals surface area contributed by atoms with Gasteiger partial charge in [-0.1, -0.05) is 6.07 Å². The van der Waals surface area contributed by atoms with Gasteiger partial charge in [-0.05, 0) is 39.8 Å². The first-order valence-corrected chi connectivity index (χ1v) is 7.13. The molecule has 1 unspecified atom stereocenters. The number of aliphatic carboxylic acids is 1. The zero-order chi connectivity index (χ0) is 16.7. The molecule has 0 spiro atoms. The third-order valence-electron chi connectivity index (χ3n) is 4.43. The van der Waals surface area contributed by atoms with Crippen molar-refractivity contribution in [3.8, 4) is 11.5 Å². The van der Waals surface area contributed by atoms with E-state index in [2.05, 4.69) is 0 Å². The lowest BCUT2D eigenvalue weighted by molar-refractivity contribution is -0.137. The number of rotatable bonds is 4. The highest BCUT2D eigenvalue weighted by Gasteiger charge is 2.55. The molecule has 22 heavy (non-hydrogen) atoms. The fraction of sp³-hybridized carbons (Fsp3) is 0.533. The number of carboxylic acids is 1. The van der Waals surface area contributed by atoms with Crippen LogP contribution >= 0.6 is 0 Å². The number of carboxylic acid groups (broad SMARTS) is 1. The molecule has 0 bridgehead atoms. The van der Waals surface area contributed by atoms with E-state index in [0.29, 0.717) is 0 Å². The Hall–Kier alpha value is -1.73. The van der Waals surface area contributed by atoms with Crippen LogP contribution in [-0.4, -0.2) is 39.6 Å². The Kier molecular flexibility index (Phi) is 4.15. The first-order valence-electron chi connectivity index (χ1n) is 7.13. The Bertz CT molecular complexity index is 547. The van der Waals surface area contributed by atoms with Crippen LogP contribution in [0.1, 0.15) is 45.5 Å². The van der Waals surface area contributed by atoms with Gasteiger partial charge in [-0.3, -0.25) is 4.79 Å². The molecular formula is C15H21BO6. The van der Waals surface area contributed by atoms with Gasteiger partial charge >= 0.3 is 13.1 Å². The van der Waals surface area contributed by atoms with Gasteiger partial charge in [0.1, 0.15) is 11.5 Å². The molecule has 6 nitrogen and oxygen atoms in total. The van der Waals surface area contributed by atoms with Crippen LogP contribution < -0.4 is 0 Å². The quantitative estimate of drug-likeness (QED) is 0.739. The molecule has 1 aliphatic heterocycles. The lowest BCUT2D eigenvalue weighted by atomic mass is 9.65. The van der Waals surface area contributed by atoms with Gasteiger partial charge in [0.05, 0.1) is 17.6 Å². The molecular weight excluding hydrogens is 287 g/mol. The fourth-order valence-electron chi connectivity index (χ4n) is 2.50. The zero-order valence-electron chi connectivity index (χ0n) is 13.2. The number of carbonyl (C=O) groups is 1. The molecule has 1 aromatic rings. The third-order valence-corrected chi connectivity index (χ3v) is 4.43. The highest BCUT2D eigenvalue weighted by atomic mass is 16.7. The van der Waals surface area contributed by atoms with Crippen molar-refractivity contribution in [1.29, 1.82) is 0 Å². The largest absolute Gasteiger partial charge is 0.508 e. The summed E-state index contributed by atoms with van der Waals surface area (Å²) in [6.07, 6.45) is -0.331. The van der Waals surface area contributed by atoms with E-state index in [4.69, 9.17) is 9.31 Å². The van der Waals surface area contributed by atoms with Crippen LogP contribution in [0, 0.1) is 0 Å². The van der Waals surface area contributed by atoms with Crippen LogP contribution in [0.25, 0.3) is 0 Å². The maximum Gasteiger partial charge on any atom is 0.466 e. The normalized spacial score (nSPS) is 20.8. The topological polar surface area (TPSA) is 96.2 Å². The van der Waals surface area contributed by atoms with Gasteiger partial charge < -0.3 is 24.6 Å². The van der Waals surface area contributed by atoms with Gasteiger partial charge in [0, 0.05) is 11.4 Å². The molecule has 1 atom stereocenters. The second kappa shape index (κ2) is 5.48. The molecule has 1 fully saturated rings. The Morgan fingerprint density at radius 1 is 1.14 bits per heavy atom. The monoisotopic (exact) mass is 308 g/mol. The van der Waals surface area contributed by atoms with Gasteiger partial charge in [0.2, 0.25) is 0 Å². The maximum absolute atomic E-state index is 11.2. The average molecular weight is 308 g/mol. The molecule has 0 radical (unpaired) electrons. The van der Waals surface area contributed by atoms with Crippen molar-refractivity contribution in [3.63, 3.8) is 0 Å². The summed E-state index contributed by atoms with van der Waals surface area (Å²) in [6.45, 7) is 7.43. The summed E-state index contributed by atoms with van der Waals surface area (Å²) in [5.74, 6) is -2.25. The van der Waals surface area contributed by atoms with E-state index in [9.17, 15) is 20.1 Å². The van der Waals surface area contributed by atoms with Crippen LogP contribution in [0.15, 0.2) is 18.2 Å². The number of phenolic OH excluding ortho intramolecular Hbond substituents is 2. The number of hydrogen-bond donors (Lipinski definition) is 3. The second-order valence-corrected chi connectivity index (χ2v) is 6.54. The van der Waals surface area contributed by atoms with E-state index in [1.54, 1.807) is 0 Å². The van der Waals surface area contributed by atoms with Gasteiger partial charge in [-0.15, -0.1) is 0 Å². The van der Waals surface area contributed by atoms with Gasteiger partial charge in [-0.25, -0.2) is 0 Å². The van der Waals surface area contributed by atoms with Crippen molar-refractivity contribution in [1.82, 2.24) is 0 Å². The first kappa shape index (κ1) is 16.6. The highest BCUT2D eigenvalue weighted by molar-refractivity contribution is 6.48. The Morgan fingerprint density at radius 3 is 2.00 bits per heavy atom. The SMILES string of the molecule is CC1(C)OB(C(CC(=O)O)c2c(O)cccc2O)OC1(C)C. The van der Waals surface area contributed by atoms with Crippen molar-refractivity contribution in [2.75, 3.05) is 0 Å². The average Bonchev–Trinajstić information content (AvgIpc) is 2.56. The van der Waals surface area contributed by atoms with Crippen LogP contribution in [0.2, 0.25) is 0 Å². The van der Waals surface area contributed by atoms with Crippen molar-refractivity contribution in [3.05, 3.63) is 23.8 Å². The fourth-order valence-corrected chi connectivity index (χ4v) is 2.50. The lowest BCUT2D eigenvalue weighted by Crippen LogP contribution is -2.41. The molecule has 120 valence electrons. The number of aromatic hydroxyl groups is 2. The molecule has 1 saturated heterocycles. The van der Waals surface area contributed by atoms with Crippen molar-refractivity contribution < 1.29 is 29.4 Å². The van der Waals surface area contributed by atoms with Crippen LogP contribution in [0.3, 0.4) is 0 Å². The summed E-state index contributed by atoms with van der Waals surface area (Å²) in [6, 6.07) is 4.28. The number of benzene rings is 1. The summed E-state index contributed by atoms with van der Waals surface area (Å²) in [5.41, 5.74) is -1.13. The molecule has 0 amide bonds. The van der Waals surface area contributed by atoms with E-state index in [0.717, 1.165) is 0 Å². The maximum atomic E-state index is 11.2. The molecule has 1 heterocycles. The van der Waals surface area contributed by atoms with Crippen LogP contribution in [0.4, 0.5) is 0 Å². The van der Waals surface area contributed by atoms with E-state index in [1.807, 2.05) is 27.7 Å². The minimum absolute atomic E-state index is 0.128. The van der Waals surface area contributed by atoms with E-state index >= 15 is 0 Å². The molecule has 1 aliphatic rings. The Balaban J connectivity index is 2.43. The van der Waals surface area contributed by atoms with E-state index in [-0.39, 0.29) is 23.5 Å². The molecule has 0 aliphatic carbocycles. The van der Waals surface area contributed by atoms with E-state index < -0.39 is 30.1 Å². The van der Waals surface area contributed by atoms with Crippen LogP contribution in [0.5, 0.6) is 11.5 Å². The number of hydrogen-bond acceptors (Lipinski definition) is 5. The molecule has 0 aromatic heterocycles. The zero-order valence-corrected chi connectivity index (χ0v) is 13.2. The van der Waals surface area contributed by atoms with Crippen molar-refractivity contribution >= 4 is 13.1 Å². The summed E-state index contributed by atoms with van der Waals surface area (Å²) in [4.78, 5) is 11.2. The summed E-state index contributed by atoms with van der Waals surface area (Å²) < 4.78 is 11.8. The summed E-state index contributed by atoms with van der Waals surface area (Å²) in [5, 5.41) is 29.2. The molecule has 7 heteroatoms. The molecule has 0 saturated carbocycles. The Morgan fingerprint density at radius 2 is 1.59 bits per heavy atom. The molecule has 2 rings (SSSR count). The Labute approximate surface area is 129 Å². The predicted octanol–water partition coefficient (Wildman–Crippen LogP) is 2.29. The summed E-state index contributed by atoms with van der Waals surface area (Å²) in [7, 11) is -0.875. The van der Waals surface area contributed by atoms with Crippen molar-refractivity contribution in [2.45, 2.75) is 51.1 Å².